The zero-order valence-corrected chi connectivity index (χ0v) is 18.7. The van der Waals surface area contributed by atoms with Crippen molar-refractivity contribution in [3.8, 4) is 5.75 Å². The second kappa shape index (κ2) is 7.90. The van der Waals surface area contributed by atoms with Crippen molar-refractivity contribution in [2.24, 2.45) is 0 Å². The standard InChI is InChI=1S/C23H25N3O5S/c1-16(27)24-13-14-31-22-9-8-18(15-21(22)24)32(29,30)26-11-4-7-20(26)23(28)25-12-10-17-5-2-3-6-19(17)25/h2-3,5-6,8-9,15,20H,4,7,10-14H2,1H3. The predicted octanol–water partition coefficient (Wildman–Crippen LogP) is 2.17. The van der Waals surface area contributed by atoms with E-state index in [1.54, 1.807) is 11.0 Å². The molecule has 0 aromatic heterocycles. The number of anilines is 2. The molecule has 2 aromatic carbocycles. The molecule has 168 valence electrons. The first-order chi connectivity index (χ1) is 15.4. The molecule has 1 unspecified atom stereocenters. The van der Waals surface area contributed by atoms with Crippen LogP contribution in [0.3, 0.4) is 0 Å². The summed E-state index contributed by atoms with van der Waals surface area (Å²) in [6.45, 7) is 3.02. The summed E-state index contributed by atoms with van der Waals surface area (Å²) in [6.07, 6.45) is 1.89. The van der Waals surface area contributed by atoms with Crippen LogP contribution in [0.4, 0.5) is 11.4 Å². The number of nitrogens with zero attached hydrogens (tertiary/aromatic N) is 3. The fourth-order valence-corrected chi connectivity index (χ4v) is 6.51. The fraction of sp³-hybridized carbons (Fsp3) is 0.391. The molecule has 5 rings (SSSR count). The number of carbonyl (C=O) groups is 2. The molecule has 32 heavy (non-hydrogen) atoms. The molecular weight excluding hydrogens is 430 g/mol. The molecule has 1 atom stereocenters. The van der Waals surface area contributed by atoms with E-state index in [4.69, 9.17) is 4.74 Å². The van der Waals surface area contributed by atoms with Crippen molar-refractivity contribution in [2.45, 2.75) is 37.1 Å². The Balaban J connectivity index is 1.46. The Labute approximate surface area is 187 Å². The fourth-order valence-electron chi connectivity index (χ4n) is 4.84. The minimum atomic E-state index is -3.93. The second-order valence-electron chi connectivity index (χ2n) is 8.29. The van der Waals surface area contributed by atoms with Crippen molar-refractivity contribution < 1.29 is 22.7 Å². The van der Waals surface area contributed by atoms with Crippen molar-refractivity contribution in [1.29, 1.82) is 0 Å². The number of ether oxygens (including phenoxy) is 1. The number of hydrogen-bond acceptors (Lipinski definition) is 5. The minimum absolute atomic E-state index is 0.0644. The van der Waals surface area contributed by atoms with E-state index >= 15 is 0 Å². The van der Waals surface area contributed by atoms with Gasteiger partial charge in [-0.25, -0.2) is 8.42 Å². The Morgan fingerprint density at radius 1 is 1.00 bits per heavy atom. The molecule has 8 nitrogen and oxygen atoms in total. The summed E-state index contributed by atoms with van der Waals surface area (Å²) < 4.78 is 34.1. The molecule has 3 aliphatic heterocycles. The average molecular weight is 456 g/mol. The molecule has 0 radical (unpaired) electrons. The summed E-state index contributed by atoms with van der Waals surface area (Å²) in [5.41, 5.74) is 2.41. The van der Waals surface area contributed by atoms with Gasteiger partial charge in [-0.1, -0.05) is 18.2 Å². The van der Waals surface area contributed by atoms with Gasteiger partial charge in [0.15, 0.2) is 0 Å². The van der Waals surface area contributed by atoms with E-state index < -0.39 is 16.1 Å². The molecule has 3 aliphatic rings. The van der Waals surface area contributed by atoms with E-state index in [0.29, 0.717) is 44.0 Å². The van der Waals surface area contributed by atoms with Crippen LogP contribution in [0, 0.1) is 0 Å². The van der Waals surface area contributed by atoms with E-state index in [0.717, 1.165) is 17.7 Å². The van der Waals surface area contributed by atoms with E-state index in [9.17, 15) is 18.0 Å². The monoisotopic (exact) mass is 455 g/mol. The summed E-state index contributed by atoms with van der Waals surface area (Å²) >= 11 is 0. The van der Waals surface area contributed by atoms with Gasteiger partial charge in [0.2, 0.25) is 21.8 Å². The highest BCUT2D eigenvalue weighted by molar-refractivity contribution is 7.89. The topological polar surface area (TPSA) is 87.2 Å². The molecule has 2 aromatic rings. The summed E-state index contributed by atoms with van der Waals surface area (Å²) in [5, 5.41) is 0. The first-order valence-electron chi connectivity index (χ1n) is 10.8. The molecule has 0 N–H and O–H groups in total. The SMILES string of the molecule is CC(=O)N1CCOc2ccc(S(=O)(=O)N3CCCC3C(=O)N3CCc4ccccc43)cc21. The molecule has 0 bridgehead atoms. The van der Waals surface area contributed by atoms with Gasteiger partial charge in [-0.15, -0.1) is 0 Å². The third kappa shape index (κ3) is 3.36. The minimum Gasteiger partial charge on any atom is -0.490 e. The van der Waals surface area contributed by atoms with Crippen LogP contribution in [0.1, 0.15) is 25.3 Å². The Morgan fingerprint density at radius 2 is 1.81 bits per heavy atom. The van der Waals surface area contributed by atoms with Crippen LogP contribution >= 0.6 is 0 Å². The summed E-state index contributed by atoms with van der Waals surface area (Å²) in [4.78, 5) is 28.7. The van der Waals surface area contributed by atoms with Crippen molar-refractivity contribution in [2.75, 3.05) is 36.0 Å². The van der Waals surface area contributed by atoms with Gasteiger partial charge in [0.1, 0.15) is 18.4 Å². The third-order valence-corrected chi connectivity index (χ3v) is 8.33. The van der Waals surface area contributed by atoms with Gasteiger partial charge in [-0.3, -0.25) is 9.59 Å². The van der Waals surface area contributed by atoms with Crippen LogP contribution in [-0.2, 0) is 26.0 Å². The molecule has 0 spiro atoms. The number of benzene rings is 2. The zero-order chi connectivity index (χ0) is 22.5. The Hall–Kier alpha value is -2.91. The van der Waals surface area contributed by atoms with Gasteiger partial charge < -0.3 is 14.5 Å². The Morgan fingerprint density at radius 3 is 2.62 bits per heavy atom. The maximum Gasteiger partial charge on any atom is 0.245 e. The normalized spacial score (nSPS) is 20.6. The second-order valence-corrected chi connectivity index (χ2v) is 10.2. The van der Waals surface area contributed by atoms with Gasteiger partial charge in [-0.2, -0.15) is 4.31 Å². The van der Waals surface area contributed by atoms with Crippen molar-refractivity contribution in [1.82, 2.24) is 4.31 Å². The number of amides is 2. The average Bonchev–Trinajstić information content (AvgIpc) is 3.45. The lowest BCUT2D eigenvalue weighted by molar-refractivity contribution is -0.121. The Bertz CT molecular complexity index is 1200. The highest BCUT2D eigenvalue weighted by Crippen LogP contribution is 2.37. The predicted molar refractivity (Wildman–Crippen MR) is 119 cm³/mol. The van der Waals surface area contributed by atoms with Crippen LogP contribution in [-0.4, -0.2) is 56.8 Å². The lowest BCUT2D eigenvalue weighted by Gasteiger charge is -2.30. The quantitative estimate of drug-likeness (QED) is 0.708. The largest absolute Gasteiger partial charge is 0.490 e. The molecule has 1 saturated heterocycles. The molecule has 1 fully saturated rings. The first-order valence-corrected chi connectivity index (χ1v) is 12.3. The smallest absolute Gasteiger partial charge is 0.245 e. The number of para-hydroxylation sites is 1. The molecule has 0 aliphatic carbocycles. The van der Waals surface area contributed by atoms with Gasteiger partial charge >= 0.3 is 0 Å². The van der Waals surface area contributed by atoms with Crippen LogP contribution in [0.15, 0.2) is 47.4 Å². The lowest BCUT2D eigenvalue weighted by Crippen LogP contribution is -2.47. The number of carbonyl (C=O) groups excluding carboxylic acids is 2. The van der Waals surface area contributed by atoms with E-state index in [1.165, 1.54) is 28.3 Å². The lowest BCUT2D eigenvalue weighted by atomic mass is 10.1. The molecular formula is C23H25N3O5S. The van der Waals surface area contributed by atoms with E-state index in [1.807, 2.05) is 24.3 Å². The summed E-state index contributed by atoms with van der Waals surface area (Å²) in [7, 11) is -3.93. The van der Waals surface area contributed by atoms with E-state index in [-0.39, 0.29) is 23.3 Å². The number of hydrogen-bond donors (Lipinski definition) is 0. The van der Waals surface area contributed by atoms with Crippen LogP contribution < -0.4 is 14.5 Å². The van der Waals surface area contributed by atoms with Gasteiger partial charge in [0, 0.05) is 25.7 Å². The van der Waals surface area contributed by atoms with Crippen molar-refractivity contribution in [3.05, 3.63) is 48.0 Å². The maximum absolute atomic E-state index is 13.6. The number of sulfonamides is 1. The molecule has 9 heteroatoms. The van der Waals surface area contributed by atoms with Crippen LogP contribution in [0.2, 0.25) is 0 Å². The summed E-state index contributed by atoms with van der Waals surface area (Å²) in [6, 6.07) is 11.6. The molecule has 0 saturated carbocycles. The maximum atomic E-state index is 13.6. The number of rotatable bonds is 3. The van der Waals surface area contributed by atoms with Crippen LogP contribution in [0.5, 0.6) is 5.75 Å². The highest BCUT2D eigenvalue weighted by atomic mass is 32.2. The summed E-state index contributed by atoms with van der Waals surface area (Å²) in [5.74, 6) is 0.127. The van der Waals surface area contributed by atoms with Crippen molar-refractivity contribution in [3.63, 3.8) is 0 Å². The highest BCUT2D eigenvalue weighted by Gasteiger charge is 2.43. The first kappa shape index (κ1) is 21.0. The number of fused-ring (bicyclic) bond motifs is 2. The molecule has 3 heterocycles. The zero-order valence-electron chi connectivity index (χ0n) is 17.9. The Kier molecular flexibility index (Phi) is 5.17. The van der Waals surface area contributed by atoms with E-state index in [2.05, 4.69) is 0 Å². The van der Waals surface area contributed by atoms with Crippen LogP contribution in [0.25, 0.3) is 0 Å². The van der Waals surface area contributed by atoms with Gasteiger partial charge in [-0.05, 0) is 49.1 Å². The van der Waals surface area contributed by atoms with Gasteiger partial charge in [0.25, 0.3) is 0 Å². The third-order valence-electron chi connectivity index (χ3n) is 6.42. The van der Waals surface area contributed by atoms with Crippen molar-refractivity contribution >= 4 is 33.2 Å². The molecule has 2 amide bonds. The van der Waals surface area contributed by atoms with Gasteiger partial charge in [0.05, 0.1) is 17.1 Å².